The van der Waals surface area contributed by atoms with Crippen LogP contribution in [0.1, 0.15) is 36.9 Å². The minimum atomic E-state index is -0.738. The van der Waals surface area contributed by atoms with Gasteiger partial charge in [0.1, 0.15) is 0 Å². The highest BCUT2D eigenvalue weighted by molar-refractivity contribution is 5.69. The van der Waals surface area contributed by atoms with E-state index in [1.807, 2.05) is 19.1 Å². The highest BCUT2D eigenvalue weighted by Gasteiger charge is 2.41. The Balaban J connectivity index is 2.36. The van der Waals surface area contributed by atoms with Gasteiger partial charge in [-0.15, -0.1) is 0 Å². The number of hydrogen-bond acceptors (Lipinski definition) is 3. The fraction of sp³-hybridized carbons (Fsp3) is 0.538. The van der Waals surface area contributed by atoms with Crippen LogP contribution in [0.2, 0.25) is 0 Å². The van der Waals surface area contributed by atoms with Crippen LogP contribution in [0.3, 0.4) is 0 Å². The van der Waals surface area contributed by atoms with E-state index in [1.165, 1.54) is 0 Å². The molecule has 0 spiro atoms. The molecule has 1 fully saturated rings. The van der Waals surface area contributed by atoms with Gasteiger partial charge in [0.05, 0.1) is 13.5 Å². The second-order valence-electron chi connectivity index (χ2n) is 4.74. The van der Waals surface area contributed by atoms with E-state index in [1.54, 1.807) is 7.11 Å². The molecular weight excluding hydrogens is 218 g/mol. The average molecular weight is 235 g/mol. The Hall–Kier alpha value is -1.58. The molecule has 4 heteroatoms. The van der Waals surface area contributed by atoms with Gasteiger partial charge in [0.2, 0.25) is 5.88 Å². The van der Waals surface area contributed by atoms with Crippen molar-refractivity contribution in [2.24, 2.45) is 0 Å². The molecule has 1 aromatic rings. The van der Waals surface area contributed by atoms with Crippen molar-refractivity contribution in [2.45, 2.75) is 38.0 Å². The van der Waals surface area contributed by atoms with Crippen molar-refractivity contribution in [1.29, 1.82) is 0 Å². The van der Waals surface area contributed by atoms with Gasteiger partial charge < -0.3 is 9.84 Å². The Morgan fingerprint density at radius 2 is 2.24 bits per heavy atom. The fourth-order valence-corrected chi connectivity index (χ4v) is 2.51. The van der Waals surface area contributed by atoms with Gasteiger partial charge >= 0.3 is 5.97 Å². The van der Waals surface area contributed by atoms with E-state index in [0.717, 1.165) is 30.5 Å². The number of nitrogens with zero attached hydrogens (tertiary/aromatic N) is 1. The number of pyridine rings is 1. The average Bonchev–Trinajstić information content (AvgIpc) is 2.22. The first-order chi connectivity index (χ1) is 8.05. The summed E-state index contributed by atoms with van der Waals surface area (Å²) in [5.74, 6) is -0.171. The molecular formula is C13H17NO3. The molecule has 0 saturated heterocycles. The third-order valence-electron chi connectivity index (χ3n) is 3.55. The standard InChI is InChI=1S/C13H17NO3/c1-9-6-10(7-11(14-9)17-2)13(4-3-5-13)8-12(15)16/h6-7H,3-5,8H2,1-2H3,(H,15,16). The first-order valence-electron chi connectivity index (χ1n) is 5.81. The lowest BCUT2D eigenvalue weighted by Crippen LogP contribution is -2.36. The maximum absolute atomic E-state index is 11.0. The van der Waals surface area contributed by atoms with E-state index in [-0.39, 0.29) is 11.8 Å². The molecule has 1 aliphatic rings. The fourth-order valence-electron chi connectivity index (χ4n) is 2.51. The van der Waals surface area contributed by atoms with Gasteiger partial charge in [-0.1, -0.05) is 6.42 Å². The largest absolute Gasteiger partial charge is 0.481 e. The number of ether oxygens (including phenoxy) is 1. The van der Waals surface area contributed by atoms with Crippen LogP contribution >= 0.6 is 0 Å². The van der Waals surface area contributed by atoms with E-state index >= 15 is 0 Å². The predicted molar refractivity (Wildman–Crippen MR) is 63.3 cm³/mol. The normalized spacial score (nSPS) is 17.3. The zero-order valence-corrected chi connectivity index (χ0v) is 10.2. The topological polar surface area (TPSA) is 59.4 Å². The zero-order valence-electron chi connectivity index (χ0n) is 10.2. The number of carbonyl (C=O) groups is 1. The summed E-state index contributed by atoms with van der Waals surface area (Å²) in [6.07, 6.45) is 3.16. The summed E-state index contributed by atoms with van der Waals surface area (Å²) in [5, 5.41) is 9.02. The molecule has 1 aliphatic carbocycles. The molecule has 1 N–H and O–H groups in total. The molecule has 0 radical (unpaired) electrons. The van der Waals surface area contributed by atoms with Crippen molar-refractivity contribution in [3.05, 3.63) is 23.4 Å². The molecule has 1 heterocycles. The van der Waals surface area contributed by atoms with E-state index in [9.17, 15) is 4.79 Å². The number of aromatic nitrogens is 1. The van der Waals surface area contributed by atoms with E-state index < -0.39 is 5.97 Å². The number of methoxy groups -OCH3 is 1. The number of carboxylic acid groups (broad SMARTS) is 1. The van der Waals surface area contributed by atoms with Crippen LogP contribution in [0.4, 0.5) is 0 Å². The van der Waals surface area contributed by atoms with Crippen LogP contribution in [0.5, 0.6) is 5.88 Å². The van der Waals surface area contributed by atoms with Crippen molar-refractivity contribution in [3.8, 4) is 5.88 Å². The molecule has 0 aliphatic heterocycles. The molecule has 4 nitrogen and oxygen atoms in total. The van der Waals surface area contributed by atoms with Gasteiger partial charge in [-0.05, 0) is 31.4 Å². The monoisotopic (exact) mass is 235 g/mol. The molecule has 2 rings (SSSR count). The van der Waals surface area contributed by atoms with Gasteiger partial charge in [0.15, 0.2) is 0 Å². The SMILES string of the molecule is COc1cc(C2(CC(=O)O)CCC2)cc(C)n1. The summed E-state index contributed by atoms with van der Waals surface area (Å²) in [7, 11) is 1.58. The Kier molecular flexibility index (Phi) is 3.05. The summed E-state index contributed by atoms with van der Waals surface area (Å²) in [5.41, 5.74) is 1.72. The first kappa shape index (κ1) is 11.9. The predicted octanol–water partition coefficient (Wildman–Crippen LogP) is 2.30. The number of carboxylic acids is 1. The quantitative estimate of drug-likeness (QED) is 0.869. The Morgan fingerprint density at radius 3 is 2.71 bits per heavy atom. The molecule has 0 unspecified atom stereocenters. The van der Waals surface area contributed by atoms with Crippen LogP contribution in [0, 0.1) is 6.92 Å². The summed E-state index contributed by atoms with van der Waals surface area (Å²) < 4.78 is 5.15. The highest BCUT2D eigenvalue weighted by Crippen LogP contribution is 2.47. The molecule has 1 saturated carbocycles. The van der Waals surface area contributed by atoms with Gasteiger partial charge in [-0.25, -0.2) is 4.98 Å². The highest BCUT2D eigenvalue weighted by atomic mass is 16.5. The molecule has 0 bridgehead atoms. The number of aliphatic carboxylic acids is 1. The third-order valence-corrected chi connectivity index (χ3v) is 3.55. The second-order valence-corrected chi connectivity index (χ2v) is 4.74. The maximum Gasteiger partial charge on any atom is 0.304 e. The van der Waals surface area contributed by atoms with Crippen molar-refractivity contribution >= 4 is 5.97 Å². The zero-order chi connectivity index (χ0) is 12.5. The smallest absolute Gasteiger partial charge is 0.304 e. The molecule has 0 amide bonds. The van der Waals surface area contributed by atoms with E-state index in [2.05, 4.69) is 4.98 Å². The first-order valence-corrected chi connectivity index (χ1v) is 5.81. The summed E-state index contributed by atoms with van der Waals surface area (Å²) >= 11 is 0. The lowest BCUT2D eigenvalue weighted by Gasteiger charge is -2.41. The summed E-state index contributed by atoms with van der Waals surface area (Å²) in [6.45, 7) is 1.90. The van der Waals surface area contributed by atoms with Crippen molar-refractivity contribution in [1.82, 2.24) is 4.98 Å². The maximum atomic E-state index is 11.0. The lowest BCUT2D eigenvalue weighted by atomic mass is 9.62. The summed E-state index contributed by atoms with van der Waals surface area (Å²) in [6, 6.07) is 3.85. The van der Waals surface area contributed by atoms with Gasteiger partial charge in [0, 0.05) is 17.2 Å². The second kappa shape index (κ2) is 4.35. The molecule has 92 valence electrons. The summed E-state index contributed by atoms with van der Waals surface area (Å²) in [4.78, 5) is 15.2. The molecule has 17 heavy (non-hydrogen) atoms. The van der Waals surface area contributed by atoms with Crippen molar-refractivity contribution in [3.63, 3.8) is 0 Å². The number of rotatable bonds is 4. The number of aryl methyl sites for hydroxylation is 1. The van der Waals surface area contributed by atoms with Crippen LogP contribution in [0.15, 0.2) is 12.1 Å². The van der Waals surface area contributed by atoms with Crippen LogP contribution in [-0.4, -0.2) is 23.2 Å². The van der Waals surface area contributed by atoms with Crippen molar-refractivity contribution < 1.29 is 14.6 Å². The van der Waals surface area contributed by atoms with E-state index in [4.69, 9.17) is 9.84 Å². The Morgan fingerprint density at radius 1 is 1.53 bits per heavy atom. The minimum absolute atomic E-state index is 0.194. The number of hydrogen-bond donors (Lipinski definition) is 1. The van der Waals surface area contributed by atoms with Crippen LogP contribution in [0.25, 0.3) is 0 Å². The molecule has 0 aromatic carbocycles. The van der Waals surface area contributed by atoms with Gasteiger partial charge in [-0.3, -0.25) is 4.79 Å². The Bertz CT molecular complexity index is 438. The van der Waals surface area contributed by atoms with Gasteiger partial charge in [-0.2, -0.15) is 0 Å². The van der Waals surface area contributed by atoms with E-state index in [0.29, 0.717) is 5.88 Å². The van der Waals surface area contributed by atoms with Crippen LogP contribution < -0.4 is 4.74 Å². The minimum Gasteiger partial charge on any atom is -0.481 e. The van der Waals surface area contributed by atoms with Crippen molar-refractivity contribution in [2.75, 3.05) is 7.11 Å². The van der Waals surface area contributed by atoms with Crippen LogP contribution in [-0.2, 0) is 10.2 Å². The molecule has 1 aromatic heterocycles. The Labute approximate surface area is 101 Å². The third kappa shape index (κ3) is 2.25. The molecule has 0 atom stereocenters. The van der Waals surface area contributed by atoms with Gasteiger partial charge in [0.25, 0.3) is 0 Å². The lowest BCUT2D eigenvalue weighted by molar-refractivity contribution is -0.139.